The van der Waals surface area contributed by atoms with Crippen molar-refractivity contribution in [1.29, 1.82) is 0 Å². The highest BCUT2D eigenvalue weighted by Gasteiger charge is 2.17. The summed E-state index contributed by atoms with van der Waals surface area (Å²) in [6.45, 7) is -0.0126. The normalized spacial score (nSPS) is 10.4. The van der Waals surface area contributed by atoms with Crippen LogP contribution in [0.2, 0.25) is 5.15 Å². The lowest BCUT2D eigenvalue weighted by Gasteiger charge is -2.09. The maximum Gasteiger partial charge on any atom is 0.339 e. The molecule has 0 fully saturated rings. The first-order chi connectivity index (χ1) is 9.90. The lowest BCUT2D eigenvalue weighted by molar-refractivity contribution is -0.384. The molecule has 2 aromatic rings. The van der Waals surface area contributed by atoms with E-state index in [-0.39, 0.29) is 23.6 Å². The van der Waals surface area contributed by atoms with Gasteiger partial charge in [-0.05, 0) is 6.07 Å². The maximum absolute atomic E-state index is 11.1. The SMILES string of the molecule is Cn1c(Cl)cnc1COc1ccc([N+](=O)[O-])cc1C(=O)O. The number of hydrogen-bond acceptors (Lipinski definition) is 5. The quantitative estimate of drug-likeness (QED) is 0.670. The van der Waals surface area contributed by atoms with Crippen molar-refractivity contribution >= 4 is 23.3 Å². The molecule has 0 aliphatic carbocycles. The third-order valence-corrected chi connectivity index (χ3v) is 3.14. The van der Waals surface area contributed by atoms with Crippen molar-refractivity contribution < 1.29 is 19.6 Å². The third-order valence-electron chi connectivity index (χ3n) is 2.79. The molecule has 1 N–H and O–H groups in total. The predicted octanol–water partition coefficient (Wildman–Crippen LogP) is 2.26. The minimum absolute atomic E-state index is 0.0126. The number of aromatic nitrogens is 2. The molecule has 9 heteroatoms. The van der Waals surface area contributed by atoms with E-state index in [4.69, 9.17) is 21.4 Å². The van der Waals surface area contributed by atoms with Crippen molar-refractivity contribution in [3.8, 4) is 5.75 Å². The van der Waals surface area contributed by atoms with Gasteiger partial charge in [0.2, 0.25) is 0 Å². The van der Waals surface area contributed by atoms with Crippen LogP contribution in [0.3, 0.4) is 0 Å². The zero-order chi connectivity index (χ0) is 15.6. The Morgan fingerprint density at radius 1 is 1.57 bits per heavy atom. The van der Waals surface area contributed by atoms with Crippen molar-refractivity contribution in [2.24, 2.45) is 7.05 Å². The monoisotopic (exact) mass is 311 g/mol. The topological polar surface area (TPSA) is 107 Å². The number of nitrogens with zero attached hydrogens (tertiary/aromatic N) is 3. The predicted molar refractivity (Wildman–Crippen MR) is 72.6 cm³/mol. The van der Waals surface area contributed by atoms with Crippen LogP contribution in [0.25, 0.3) is 0 Å². The van der Waals surface area contributed by atoms with Gasteiger partial charge in [0.05, 0.1) is 11.1 Å². The Balaban J connectivity index is 2.25. The Labute approximate surface area is 123 Å². The standard InChI is InChI=1S/C12H10ClN3O5/c1-15-10(13)5-14-11(15)6-21-9-3-2-7(16(19)20)4-8(9)12(17)18/h2-5H,6H2,1H3,(H,17,18). The molecular formula is C12H10ClN3O5. The molecule has 1 heterocycles. The first-order valence-corrected chi connectivity index (χ1v) is 6.08. The molecule has 0 saturated heterocycles. The molecule has 0 saturated carbocycles. The molecule has 2 rings (SSSR count). The van der Waals surface area contributed by atoms with Crippen LogP contribution in [0, 0.1) is 10.1 Å². The summed E-state index contributed by atoms with van der Waals surface area (Å²) in [4.78, 5) is 25.1. The second kappa shape index (κ2) is 5.80. The molecule has 0 amide bonds. The maximum atomic E-state index is 11.1. The van der Waals surface area contributed by atoms with Crippen LogP contribution in [0.5, 0.6) is 5.75 Å². The summed E-state index contributed by atoms with van der Waals surface area (Å²) in [5.74, 6) is -0.798. The molecule has 110 valence electrons. The van der Waals surface area contributed by atoms with E-state index < -0.39 is 10.9 Å². The van der Waals surface area contributed by atoms with E-state index in [1.54, 1.807) is 11.6 Å². The molecule has 0 atom stereocenters. The number of carbonyl (C=O) groups is 1. The van der Waals surface area contributed by atoms with Crippen LogP contribution in [-0.4, -0.2) is 25.6 Å². The lowest BCUT2D eigenvalue weighted by atomic mass is 10.2. The fraction of sp³-hybridized carbons (Fsp3) is 0.167. The van der Waals surface area contributed by atoms with Gasteiger partial charge in [0.15, 0.2) is 0 Å². The average molecular weight is 312 g/mol. The van der Waals surface area contributed by atoms with Crippen LogP contribution >= 0.6 is 11.6 Å². The zero-order valence-corrected chi connectivity index (χ0v) is 11.6. The minimum Gasteiger partial charge on any atom is -0.485 e. The van der Waals surface area contributed by atoms with Crippen LogP contribution in [0.4, 0.5) is 5.69 Å². The molecule has 1 aromatic carbocycles. The van der Waals surface area contributed by atoms with Gasteiger partial charge in [0.25, 0.3) is 5.69 Å². The summed E-state index contributed by atoms with van der Waals surface area (Å²) >= 11 is 5.82. The molecule has 0 aliphatic rings. The Morgan fingerprint density at radius 2 is 2.29 bits per heavy atom. The fourth-order valence-electron chi connectivity index (χ4n) is 1.63. The first-order valence-electron chi connectivity index (χ1n) is 5.70. The van der Waals surface area contributed by atoms with Gasteiger partial charge in [0, 0.05) is 19.2 Å². The second-order valence-electron chi connectivity index (χ2n) is 4.09. The van der Waals surface area contributed by atoms with Crippen molar-refractivity contribution in [3.05, 3.63) is 51.1 Å². The number of imidazole rings is 1. The Bertz CT molecular complexity index is 713. The summed E-state index contributed by atoms with van der Waals surface area (Å²) in [6, 6.07) is 3.36. The summed E-state index contributed by atoms with van der Waals surface area (Å²) in [6.07, 6.45) is 1.44. The molecule has 8 nitrogen and oxygen atoms in total. The van der Waals surface area contributed by atoms with Gasteiger partial charge in [-0.25, -0.2) is 9.78 Å². The number of nitro groups is 1. The van der Waals surface area contributed by atoms with Crippen LogP contribution in [-0.2, 0) is 13.7 Å². The summed E-state index contributed by atoms with van der Waals surface area (Å²) in [5, 5.41) is 20.2. The van der Waals surface area contributed by atoms with Gasteiger partial charge in [-0.2, -0.15) is 0 Å². The Kier molecular flexibility index (Phi) is 4.08. The molecule has 1 aromatic heterocycles. The van der Waals surface area contributed by atoms with Crippen molar-refractivity contribution in [2.45, 2.75) is 6.61 Å². The fourth-order valence-corrected chi connectivity index (χ4v) is 1.77. The first kappa shape index (κ1) is 14.8. The number of hydrogen-bond donors (Lipinski definition) is 1. The largest absolute Gasteiger partial charge is 0.485 e. The highest BCUT2D eigenvalue weighted by Crippen LogP contribution is 2.25. The van der Waals surface area contributed by atoms with E-state index in [9.17, 15) is 14.9 Å². The van der Waals surface area contributed by atoms with Crippen LogP contribution < -0.4 is 4.74 Å². The Hall–Kier alpha value is -2.61. The number of aromatic carboxylic acids is 1. The molecule has 0 radical (unpaired) electrons. The lowest BCUT2D eigenvalue weighted by Crippen LogP contribution is -2.07. The van der Waals surface area contributed by atoms with Gasteiger partial charge < -0.3 is 14.4 Å². The number of rotatable bonds is 5. The van der Waals surface area contributed by atoms with Gasteiger partial charge >= 0.3 is 5.97 Å². The van der Waals surface area contributed by atoms with Gasteiger partial charge in [-0.15, -0.1) is 0 Å². The number of benzene rings is 1. The Morgan fingerprint density at radius 3 is 2.81 bits per heavy atom. The molecule has 0 aliphatic heterocycles. The highest BCUT2D eigenvalue weighted by molar-refractivity contribution is 6.29. The van der Waals surface area contributed by atoms with E-state index in [1.165, 1.54) is 18.3 Å². The summed E-state index contributed by atoms with van der Waals surface area (Å²) in [5.41, 5.74) is -0.607. The van der Waals surface area contributed by atoms with Gasteiger partial charge in [0.1, 0.15) is 28.9 Å². The number of nitro benzene ring substituents is 1. The van der Waals surface area contributed by atoms with E-state index in [1.807, 2.05) is 0 Å². The highest BCUT2D eigenvalue weighted by atomic mass is 35.5. The van der Waals surface area contributed by atoms with E-state index in [0.717, 1.165) is 6.07 Å². The molecule has 0 unspecified atom stereocenters. The number of carboxylic acid groups (broad SMARTS) is 1. The molecule has 21 heavy (non-hydrogen) atoms. The third kappa shape index (κ3) is 3.11. The second-order valence-corrected chi connectivity index (χ2v) is 4.47. The minimum atomic E-state index is -1.31. The van der Waals surface area contributed by atoms with Crippen molar-refractivity contribution in [2.75, 3.05) is 0 Å². The summed E-state index contributed by atoms with van der Waals surface area (Å²) < 4.78 is 6.94. The zero-order valence-electron chi connectivity index (χ0n) is 10.8. The number of halogens is 1. The number of carboxylic acids is 1. The van der Waals surface area contributed by atoms with Gasteiger partial charge in [-0.1, -0.05) is 11.6 Å². The number of non-ortho nitro benzene ring substituents is 1. The smallest absolute Gasteiger partial charge is 0.339 e. The van der Waals surface area contributed by atoms with E-state index >= 15 is 0 Å². The molecule has 0 spiro atoms. The van der Waals surface area contributed by atoms with Crippen molar-refractivity contribution in [3.63, 3.8) is 0 Å². The van der Waals surface area contributed by atoms with Crippen LogP contribution in [0.1, 0.15) is 16.2 Å². The molecular weight excluding hydrogens is 302 g/mol. The van der Waals surface area contributed by atoms with Gasteiger partial charge in [-0.3, -0.25) is 10.1 Å². The van der Waals surface area contributed by atoms with Crippen molar-refractivity contribution in [1.82, 2.24) is 9.55 Å². The average Bonchev–Trinajstić information content (AvgIpc) is 2.76. The van der Waals surface area contributed by atoms with E-state index in [0.29, 0.717) is 11.0 Å². The molecule has 0 bridgehead atoms. The number of ether oxygens (including phenoxy) is 1. The summed E-state index contributed by atoms with van der Waals surface area (Å²) in [7, 11) is 1.68. The van der Waals surface area contributed by atoms with Crippen LogP contribution in [0.15, 0.2) is 24.4 Å². The van der Waals surface area contributed by atoms with E-state index in [2.05, 4.69) is 4.98 Å².